The molecular formula is C41H30N4. The molecule has 0 aliphatic carbocycles. The van der Waals surface area contributed by atoms with Gasteiger partial charge in [0.25, 0.3) is 0 Å². The number of hydrogen-bond donors (Lipinski definition) is 0. The molecule has 0 unspecified atom stereocenters. The van der Waals surface area contributed by atoms with E-state index >= 15 is 0 Å². The lowest BCUT2D eigenvalue weighted by Gasteiger charge is -2.21. The van der Waals surface area contributed by atoms with E-state index in [1.807, 2.05) is 24.3 Å². The molecule has 4 nitrogen and oxygen atoms in total. The summed E-state index contributed by atoms with van der Waals surface area (Å²) in [4.78, 5) is 10.1. The molecule has 0 bridgehead atoms. The largest absolute Gasteiger partial charge is 0.317 e. The van der Waals surface area contributed by atoms with E-state index < -0.39 is 0 Å². The molecule has 4 heteroatoms. The highest BCUT2D eigenvalue weighted by Crippen LogP contribution is 2.49. The summed E-state index contributed by atoms with van der Waals surface area (Å²) in [7, 11) is 0. The maximum absolute atomic E-state index is 5.12. The second kappa shape index (κ2) is 9.63. The second-order valence-corrected chi connectivity index (χ2v) is 12.3. The molecule has 0 amide bonds. The van der Waals surface area contributed by atoms with Gasteiger partial charge in [0.1, 0.15) is 0 Å². The van der Waals surface area contributed by atoms with E-state index in [2.05, 4.69) is 144 Å². The van der Waals surface area contributed by atoms with Crippen molar-refractivity contribution < 1.29 is 0 Å². The zero-order valence-corrected chi connectivity index (χ0v) is 25.1. The predicted molar refractivity (Wildman–Crippen MR) is 184 cm³/mol. The maximum atomic E-state index is 5.12. The van der Waals surface area contributed by atoms with Crippen LogP contribution in [-0.4, -0.2) is 19.1 Å². The summed E-state index contributed by atoms with van der Waals surface area (Å²) in [6.45, 7) is 4.69. The first kappa shape index (κ1) is 25.7. The van der Waals surface area contributed by atoms with Crippen molar-refractivity contribution in [3.8, 4) is 45.3 Å². The number of rotatable bonds is 4. The third-order valence-corrected chi connectivity index (χ3v) is 9.29. The minimum Gasteiger partial charge on any atom is -0.317 e. The molecule has 1 aliphatic rings. The van der Waals surface area contributed by atoms with E-state index in [1.54, 1.807) is 0 Å². The molecule has 9 rings (SSSR count). The standard InChI is InChI=1S/C41H30N4/c1-41(2)33-21-10-12-23-37(33)44-26-32-31-20-9-11-22-36(31)45(38(32)39(41)44)30-19-13-18-29(24-30)35-25-34(27-14-5-3-6-15-27)42-40(43-35)28-16-7-4-8-17-28/h3-26H,1-2H3. The van der Waals surface area contributed by atoms with E-state index in [9.17, 15) is 0 Å². The van der Waals surface area contributed by atoms with Crippen LogP contribution < -0.4 is 0 Å². The van der Waals surface area contributed by atoms with Crippen LogP contribution in [0.3, 0.4) is 0 Å². The molecule has 8 aromatic rings. The van der Waals surface area contributed by atoms with Crippen LogP contribution in [0.2, 0.25) is 0 Å². The Morgan fingerprint density at radius 3 is 2.00 bits per heavy atom. The minimum atomic E-state index is -0.149. The first-order chi connectivity index (χ1) is 22.1. The summed E-state index contributed by atoms with van der Waals surface area (Å²) in [5.41, 5.74) is 12.3. The van der Waals surface area contributed by atoms with Gasteiger partial charge in [-0.2, -0.15) is 0 Å². The molecule has 5 aromatic carbocycles. The number of aromatic nitrogens is 4. The molecule has 4 heterocycles. The Labute approximate surface area is 261 Å². The fraction of sp³-hybridized carbons (Fsp3) is 0.0732. The van der Waals surface area contributed by atoms with Gasteiger partial charge in [0.15, 0.2) is 5.82 Å². The lowest BCUT2D eigenvalue weighted by atomic mass is 9.83. The molecule has 214 valence electrons. The number of para-hydroxylation sites is 2. The van der Waals surface area contributed by atoms with E-state index in [-0.39, 0.29) is 5.41 Å². The van der Waals surface area contributed by atoms with Crippen LogP contribution in [0, 0.1) is 0 Å². The van der Waals surface area contributed by atoms with Gasteiger partial charge in [-0.1, -0.05) is 123 Å². The van der Waals surface area contributed by atoms with Crippen molar-refractivity contribution >= 4 is 21.8 Å². The van der Waals surface area contributed by atoms with Crippen molar-refractivity contribution in [2.75, 3.05) is 0 Å². The van der Waals surface area contributed by atoms with Crippen LogP contribution in [0.4, 0.5) is 0 Å². The Balaban J connectivity index is 1.28. The lowest BCUT2D eigenvalue weighted by Crippen LogP contribution is -2.16. The molecule has 0 saturated heterocycles. The number of nitrogens with zero attached hydrogens (tertiary/aromatic N) is 4. The third kappa shape index (κ3) is 3.85. The van der Waals surface area contributed by atoms with Crippen LogP contribution >= 0.6 is 0 Å². The Morgan fingerprint density at radius 1 is 0.556 bits per heavy atom. The van der Waals surface area contributed by atoms with E-state index in [0.717, 1.165) is 39.6 Å². The van der Waals surface area contributed by atoms with Crippen molar-refractivity contribution in [3.05, 3.63) is 157 Å². The summed E-state index contributed by atoms with van der Waals surface area (Å²) >= 11 is 0. The van der Waals surface area contributed by atoms with E-state index in [1.165, 1.54) is 38.8 Å². The smallest absolute Gasteiger partial charge is 0.160 e. The fourth-order valence-electron chi connectivity index (χ4n) is 7.20. The highest BCUT2D eigenvalue weighted by Gasteiger charge is 2.39. The van der Waals surface area contributed by atoms with E-state index in [0.29, 0.717) is 0 Å². The van der Waals surface area contributed by atoms with Crippen molar-refractivity contribution in [2.45, 2.75) is 19.3 Å². The Hall–Kier alpha value is -5.74. The van der Waals surface area contributed by atoms with Crippen LogP contribution in [0.5, 0.6) is 0 Å². The van der Waals surface area contributed by atoms with Gasteiger partial charge in [0, 0.05) is 50.4 Å². The SMILES string of the molecule is CC1(C)c2ccccc2-n2cc3c4ccccc4n(-c4cccc(-c5cc(-c6ccccc6)nc(-c6ccccc6)n5)c4)c3c21. The van der Waals surface area contributed by atoms with Gasteiger partial charge >= 0.3 is 0 Å². The normalized spacial score (nSPS) is 13.3. The zero-order valence-electron chi connectivity index (χ0n) is 25.1. The van der Waals surface area contributed by atoms with Crippen LogP contribution in [-0.2, 0) is 5.41 Å². The molecule has 45 heavy (non-hydrogen) atoms. The minimum absolute atomic E-state index is 0.149. The Bertz CT molecular complexity index is 2340. The summed E-state index contributed by atoms with van der Waals surface area (Å²) in [6.07, 6.45) is 2.34. The van der Waals surface area contributed by atoms with Gasteiger partial charge in [-0.15, -0.1) is 0 Å². The number of hydrogen-bond acceptors (Lipinski definition) is 2. The molecule has 0 fully saturated rings. The van der Waals surface area contributed by atoms with Gasteiger partial charge in [-0.3, -0.25) is 0 Å². The molecule has 0 atom stereocenters. The average Bonchev–Trinajstić information content (AvgIpc) is 3.71. The predicted octanol–water partition coefficient (Wildman–Crippen LogP) is 10.0. The van der Waals surface area contributed by atoms with E-state index in [4.69, 9.17) is 9.97 Å². The molecule has 3 aromatic heterocycles. The van der Waals surface area contributed by atoms with Crippen molar-refractivity contribution in [3.63, 3.8) is 0 Å². The van der Waals surface area contributed by atoms with Gasteiger partial charge in [0.2, 0.25) is 0 Å². The molecule has 1 aliphatic heterocycles. The lowest BCUT2D eigenvalue weighted by molar-refractivity contribution is 0.646. The summed E-state index contributed by atoms with van der Waals surface area (Å²) < 4.78 is 4.86. The molecular weight excluding hydrogens is 548 g/mol. The van der Waals surface area contributed by atoms with Crippen LogP contribution in [0.1, 0.15) is 25.1 Å². The van der Waals surface area contributed by atoms with Gasteiger partial charge in [0.05, 0.1) is 28.1 Å². The zero-order chi connectivity index (χ0) is 30.1. The summed E-state index contributed by atoms with van der Waals surface area (Å²) in [5, 5.41) is 2.53. The van der Waals surface area contributed by atoms with Crippen LogP contribution in [0.25, 0.3) is 67.1 Å². The fourth-order valence-corrected chi connectivity index (χ4v) is 7.20. The third-order valence-electron chi connectivity index (χ3n) is 9.29. The Kier molecular flexibility index (Phi) is 5.51. The molecule has 0 N–H and O–H groups in total. The summed E-state index contributed by atoms with van der Waals surface area (Å²) in [5.74, 6) is 0.718. The first-order valence-electron chi connectivity index (χ1n) is 15.4. The van der Waals surface area contributed by atoms with Crippen molar-refractivity contribution in [1.82, 2.24) is 19.1 Å². The number of fused-ring (bicyclic) bond motifs is 7. The Morgan fingerprint density at radius 2 is 1.20 bits per heavy atom. The maximum Gasteiger partial charge on any atom is 0.160 e. The highest BCUT2D eigenvalue weighted by atomic mass is 15.1. The molecule has 0 saturated carbocycles. The summed E-state index contributed by atoms with van der Waals surface area (Å²) in [6, 6.07) is 49.0. The second-order valence-electron chi connectivity index (χ2n) is 12.3. The topological polar surface area (TPSA) is 35.6 Å². The van der Waals surface area contributed by atoms with Crippen LogP contribution in [0.15, 0.2) is 146 Å². The first-order valence-corrected chi connectivity index (χ1v) is 15.4. The van der Waals surface area contributed by atoms with Crippen molar-refractivity contribution in [2.24, 2.45) is 0 Å². The monoisotopic (exact) mass is 578 g/mol. The average molecular weight is 579 g/mol. The quantitative estimate of drug-likeness (QED) is 0.208. The van der Waals surface area contributed by atoms with Gasteiger partial charge in [-0.25, -0.2) is 9.97 Å². The van der Waals surface area contributed by atoms with Crippen molar-refractivity contribution in [1.29, 1.82) is 0 Å². The number of benzene rings is 5. The van der Waals surface area contributed by atoms with Gasteiger partial charge in [-0.05, 0) is 35.9 Å². The van der Waals surface area contributed by atoms with Gasteiger partial charge < -0.3 is 9.13 Å². The molecule has 0 spiro atoms. The molecule has 0 radical (unpaired) electrons. The highest BCUT2D eigenvalue weighted by molar-refractivity contribution is 6.11.